The smallest absolute Gasteiger partial charge is 0.0175 e. The van der Waals surface area contributed by atoms with Gasteiger partial charge >= 0.3 is 0 Å². The van der Waals surface area contributed by atoms with Crippen LogP contribution in [0.15, 0.2) is 43.5 Å². The summed E-state index contributed by atoms with van der Waals surface area (Å²) in [6.07, 6.45) is 3.77. The van der Waals surface area contributed by atoms with Crippen molar-refractivity contribution in [1.82, 2.24) is 0 Å². The quantitative estimate of drug-likeness (QED) is 0.663. The highest BCUT2D eigenvalue weighted by Crippen LogP contribution is 2.22. The molecule has 0 saturated carbocycles. The maximum atomic E-state index is 3.82. The zero-order valence-electron chi connectivity index (χ0n) is 8.96. The Morgan fingerprint density at radius 2 is 1.73 bits per heavy atom. The standard InChI is InChI=1S/C15H14/c1-4-12-6-7-14-10-13(5-2)11(3)8-15(14)9-12/h4-10H,1-2H2,3H3. The van der Waals surface area contributed by atoms with Crippen LogP contribution in [0.1, 0.15) is 16.7 Å². The molecule has 0 saturated heterocycles. The van der Waals surface area contributed by atoms with Gasteiger partial charge in [0.15, 0.2) is 0 Å². The molecule has 74 valence electrons. The molecule has 0 aliphatic heterocycles. The Morgan fingerprint density at radius 3 is 2.40 bits per heavy atom. The molecule has 0 nitrogen and oxygen atoms in total. The fraction of sp³-hybridized carbons (Fsp3) is 0.0667. The highest BCUT2D eigenvalue weighted by molar-refractivity contribution is 5.87. The summed E-state index contributed by atoms with van der Waals surface area (Å²) in [5.41, 5.74) is 3.63. The molecule has 0 radical (unpaired) electrons. The van der Waals surface area contributed by atoms with E-state index in [1.165, 1.54) is 21.9 Å². The first-order valence-electron chi connectivity index (χ1n) is 5.04. The van der Waals surface area contributed by atoms with Crippen LogP contribution in [-0.4, -0.2) is 0 Å². The van der Waals surface area contributed by atoms with E-state index in [-0.39, 0.29) is 0 Å². The lowest BCUT2D eigenvalue weighted by molar-refractivity contribution is 1.47. The van der Waals surface area contributed by atoms with Crippen LogP contribution in [0, 0.1) is 6.92 Å². The third-order valence-corrected chi connectivity index (χ3v) is 2.70. The van der Waals surface area contributed by atoms with Crippen molar-refractivity contribution in [1.29, 1.82) is 0 Å². The van der Waals surface area contributed by atoms with E-state index >= 15 is 0 Å². The minimum atomic E-state index is 1.16. The maximum Gasteiger partial charge on any atom is -0.0175 e. The maximum absolute atomic E-state index is 3.82. The van der Waals surface area contributed by atoms with Gasteiger partial charge in [-0.1, -0.05) is 43.5 Å². The molecule has 0 aliphatic rings. The van der Waals surface area contributed by atoms with Gasteiger partial charge in [0.2, 0.25) is 0 Å². The topological polar surface area (TPSA) is 0 Å². The van der Waals surface area contributed by atoms with Gasteiger partial charge in [-0.2, -0.15) is 0 Å². The van der Waals surface area contributed by atoms with Gasteiger partial charge in [-0.25, -0.2) is 0 Å². The second-order valence-electron chi connectivity index (χ2n) is 3.72. The van der Waals surface area contributed by atoms with Crippen LogP contribution in [0.4, 0.5) is 0 Å². The molecule has 0 aliphatic carbocycles. The molecule has 0 N–H and O–H groups in total. The first-order valence-corrected chi connectivity index (χ1v) is 5.04. The number of rotatable bonds is 2. The van der Waals surface area contributed by atoms with Crippen molar-refractivity contribution >= 4 is 22.9 Å². The summed E-state index contributed by atoms with van der Waals surface area (Å²) in [6, 6.07) is 10.7. The van der Waals surface area contributed by atoms with Crippen LogP contribution in [0.3, 0.4) is 0 Å². The third kappa shape index (κ3) is 1.71. The summed E-state index contributed by atoms with van der Waals surface area (Å²) in [5, 5.41) is 2.51. The zero-order chi connectivity index (χ0) is 10.8. The lowest BCUT2D eigenvalue weighted by Gasteiger charge is -2.05. The van der Waals surface area contributed by atoms with Crippen LogP contribution in [0.2, 0.25) is 0 Å². The van der Waals surface area contributed by atoms with E-state index in [0.717, 1.165) is 5.56 Å². The molecule has 0 heterocycles. The number of aryl methyl sites for hydroxylation is 1. The van der Waals surface area contributed by atoms with Crippen LogP contribution < -0.4 is 0 Å². The molecule has 0 heteroatoms. The summed E-state index contributed by atoms with van der Waals surface area (Å²) in [6.45, 7) is 9.70. The molecule has 2 aromatic rings. The van der Waals surface area contributed by atoms with Crippen molar-refractivity contribution in [3.8, 4) is 0 Å². The monoisotopic (exact) mass is 194 g/mol. The minimum Gasteiger partial charge on any atom is -0.0985 e. The third-order valence-electron chi connectivity index (χ3n) is 2.70. The van der Waals surface area contributed by atoms with E-state index in [1.807, 2.05) is 12.2 Å². The van der Waals surface area contributed by atoms with Crippen molar-refractivity contribution < 1.29 is 0 Å². The van der Waals surface area contributed by atoms with Crippen LogP contribution in [0.5, 0.6) is 0 Å². The Bertz CT molecular complexity index is 533. The van der Waals surface area contributed by atoms with Crippen LogP contribution in [0.25, 0.3) is 22.9 Å². The molecular formula is C15H14. The van der Waals surface area contributed by atoms with Gasteiger partial charge in [0.1, 0.15) is 0 Å². The Hall–Kier alpha value is -1.82. The second kappa shape index (κ2) is 3.74. The number of hydrogen-bond donors (Lipinski definition) is 0. The molecule has 2 rings (SSSR count). The second-order valence-corrected chi connectivity index (χ2v) is 3.72. The van der Waals surface area contributed by atoms with Crippen molar-refractivity contribution in [3.63, 3.8) is 0 Å². The van der Waals surface area contributed by atoms with E-state index in [4.69, 9.17) is 0 Å². The van der Waals surface area contributed by atoms with Gasteiger partial charge in [-0.3, -0.25) is 0 Å². The molecule has 0 unspecified atom stereocenters. The van der Waals surface area contributed by atoms with Crippen molar-refractivity contribution in [2.45, 2.75) is 6.92 Å². The Labute approximate surface area is 90.6 Å². The number of fused-ring (bicyclic) bond motifs is 1. The first kappa shape index (κ1) is 9.72. The van der Waals surface area contributed by atoms with Gasteiger partial charge in [0, 0.05) is 0 Å². The normalized spacial score (nSPS) is 10.2. The van der Waals surface area contributed by atoms with Gasteiger partial charge in [-0.05, 0) is 46.5 Å². The molecule has 0 aromatic heterocycles. The average molecular weight is 194 g/mol. The van der Waals surface area contributed by atoms with E-state index in [1.54, 1.807) is 0 Å². The molecular weight excluding hydrogens is 180 g/mol. The fourth-order valence-corrected chi connectivity index (χ4v) is 1.79. The zero-order valence-corrected chi connectivity index (χ0v) is 8.96. The van der Waals surface area contributed by atoms with E-state index in [9.17, 15) is 0 Å². The molecule has 2 aromatic carbocycles. The first-order chi connectivity index (χ1) is 7.24. The highest BCUT2D eigenvalue weighted by atomic mass is 14.0. The Morgan fingerprint density at radius 1 is 0.933 bits per heavy atom. The number of hydrogen-bond acceptors (Lipinski definition) is 0. The molecule has 0 fully saturated rings. The fourth-order valence-electron chi connectivity index (χ4n) is 1.79. The Balaban J connectivity index is 2.75. The minimum absolute atomic E-state index is 1.16. The van der Waals surface area contributed by atoms with E-state index in [0.29, 0.717) is 0 Å². The summed E-state index contributed by atoms with van der Waals surface area (Å²) in [5.74, 6) is 0. The highest BCUT2D eigenvalue weighted by Gasteiger charge is 1.99. The molecule has 0 bridgehead atoms. The van der Waals surface area contributed by atoms with Gasteiger partial charge < -0.3 is 0 Å². The molecule has 0 spiro atoms. The van der Waals surface area contributed by atoms with Crippen LogP contribution in [-0.2, 0) is 0 Å². The lowest BCUT2D eigenvalue weighted by Crippen LogP contribution is -1.82. The van der Waals surface area contributed by atoms with Crippen LogP contribution >= 0.6 is 0 Å². The molecule has 0 amide bonds. The van der Waals surface area contributed by atoms with E-state index < -0.39 is 0 Å². The number of benzene rings is 2. The SMILES string of the molecule is C=Cc1ccc2cc(C=C)c(C)cc2c1. The summed E-state index contributed by atoms with van der Waals surface area (Å²) < 4.78 is 0. The molecule has 0 atom stereocenters. The summed E-state index contributed by atoms with van der Waals surface area (Å²) in [4.78, 5) is 0. The lowest BCUT2D eigenvalue weighted by atomic mass is 10.0. The molecule has 15 heavy (non-hydrogen) atoms. The van der Waals surface area contributed by atoms with Crippen molar-refractivity contribution in [2.24, 2.45) is 0 Å². The summed E-state index contributed by atoms with van der Waals surface area (Å²) in [7, 11) is 0. The summed E-state index contributed by atoms with van der Waals surface area (Å²) >= 11 is 0. The van der Waals surface area contributed by atoms with Gasteiger partial charge in [0.25, 0.3) is 0 Å². The van der Waals surface area contributed by atoms with Gasteiger partial charge in [0.05, 0.1) is 0 Å². The average Bonchev–Trinajstić information content (AvgIpc) is 2.27. The van der Waals surface area contributed by atoms with Crippen molar-refractivity contribution in [2.75, 3.05) is 0 Å². The predicted octanol–water partition coefficient (Wildman–Crippen LogP) is 4.43. The Kier molecular flexibility index (Phi) is 2.42. The predicted molar refractivity (Wildman–Crippen MR) is 68.9 cm³/mol. The van der Waals surface area contributed by atoms with E-state index in [2.05, 4.69) is 50.4 Å². The largest absolute Gasteiger partial charge is 0.0985 e. The van der Waals surface area contributed by atoms with Crippen molar-refractivity contribution in [3.05, 3.63) is 60.2 Å². The van der Waals surface area contributed by atoms with Gasteiger partial charge in [-0.15, -0.1) is 0 Å².